The maximum atomic E-state index is 10.9. The van der Waals surface area contributed by atoms with Gasteiger partial charge in [-0.3, -0.25) is 4.79 Å². The monoisotopic (exact) mass is 141 g/mol. The first-order valence-corrected chi connectivity index (χ1v) is 3.22. The van der Waals surface area contributed by atoms with Crippen molar-refractivity contribution in [3.05, 3.63) is 11.3 Å². The third-order valence-corrected chi connectivity index (χ3v) is 2.10. The summed E-state index contributed by atoms with van der Waals surface area (Å²) in [5.41, 5.74) is 0.757. The Kier molecular flexibility index (Phi) is 1.43. The van der Waals surface area contributed by atoms with Gasteiger partial charge >= 0.3 is 0 Å². The Hall–Kier alpha value is -0.990. The summed E-state index contributed by atoms with van der Waals surface area (Å²) in [6, 6.07) is 0.0486. The van der Waals surface area contributed by atoms with Crippen LogP contribution in [-0.2, 0) is 4.79 Å². The van der Waals surface area contributed by atoms with Crippen LogP contribution in [0.1, 0.15) is 13.8 Å². The van der Waals surface area contributed by atoms with Gasteiger partial charge in [0.15, 0.2) is 5.76 Å². The highest BCUT2D eigenvalue weighted by molar-refractivity contribution is 5.94. The normalized spacial score (nSPS) is 26.5. The van der Waals surface area contributed by atoms with Gasteiger partial charge in [0.25, 0.3) is 5.91 Å². The molecule has 0 radical (unpaired) electrons. The summed E-state index contributed by atoms with van der Waals surface area (Å²) in [6.45, 7) is 3.65. The number of hydrogen-bond donors (Lipinski definition) is 1. The molecule has 0 spiro atoms. The van der Waals surface area contributed by atoms with E-state index in [1.807, 2.05) is 6.92 Å². The van der Waals surface area contributed by atoms with Crippen LogP contribution >= 0.6 is 0 Å². The van der Waals surface area contributed by atoms with E-state index in [0.717, 1.165) is 5.57 Å². The van der Waals surface area contributed by atoms with Crippen LogP contribution in [0.4, 0.5) is 0 Å². The quantitative estimate of drug-likeness (QED) is 0.539. The maximum Gasteiger partial charge on any atom is 0.288 e. The highest BCUT2D eigenvalue weighted by Crippen LogP contribution is 2.21. The molecular formula is C7H11NO2. The molecular weight excluding hydrogens is 130 g/mol. The zero-order chi connectivity index (χ0) is 7.89. The first-order chi connectivity index (χ1) is 4.55. The predicted octanol–water partition coefficient (Wildman–Crippen LogP) is 0.679. The Balaban J connectivity index is 2.99. The largest absolute Gasteiger partial charge is 0.503 e. The molecule has 1 heterocycles. The molecule has 0 bridgehead atoms. The summed E-state index contributed by atoms with van der Waals surface area (Å²) in [5, 5.41) is 9.10. The fourth-order valence-corrected chi connectivity index (χ4v) is 1.000. The smallest absolute Gasteiger partial charge is 0.288 e. The summed E-state index contributed by atoms with van der Waals surface area (Å²) in [4.78, 5) is 12.5. The van der Waals surface area contributed by atoms with Gasteiger partial charge in [-0.15, -0.1) is 0 Å². The first kappa shape index (κ1) is 7.12. The van der Waals surface area contributed by atoms with Gasteiger partial charge in [0.2, 0.25) is 0 Å². The molecule has 0 saturated heterocycles. The molecule has 1 rings (SSSR count). The Morgan fingerprint density at radius 1 is 1.60 bits per heavy atom. The fraction of sp³-hybridized carbons (Fsp3) is 0.571. The van der Waals surface area contributed by atoms with Crippen molar-refractivity contribution in [1.82, 2.24) is 4.90 Å². The van der Waals surface area contributed by atoms with E-state index in [1.54, 1.807) is 14.0 Å². The molecule has 3 heteroatoms. The second-order valence-corrected chi connectivity index (χ2v) is 2.62. The molecule has 3 nitrogen and oxygen atoms in total. The number of likely N-dealkylation sites (N-methyl/N-ethyl adjacent to an activating group) is 1. The van der Waals surface area contributed by atoms with Crippen LogP contribution in [0.15, 0.2) is 11.3 Å². The molecule has 0 saturated carbocycles. The Morgan fingerprint density at radius 3 is 2.20 bits per heavy atom. The second-order valence-electron chi connectivity index (χ2n) is 2.62. The number of amides is 1. The minimum absolute atomic E-state index is 0.0486. The average molecular weight is 141 g/mol. The van der Waals surface area contributed by atoms with E-state index in [1.165, 1.54) is 4.90 Å². The van der Waals surface area contributed by atoms with Crippen LogP contribution in [0.2, 0.25) is 0 Å². The van der Waals surface area contributed by atoms with Gasteiger partial charge in [-0.2, -0.15) is 0 Å². The molecule has 0 aromatic rings. The summed E-state index contributed by atoms with van der Waals surface area (Å²) in [7, 11) is 1.68. The number of hydrogen-bond acceptors (Lipinski definition) is 2. The molecule has 56 valence electrons. The van der Waals surface area contributed by atoms with Gasteiger partial charge in [-0.25, -0.2) is 0 Å². The maximum absolute atomic E-state index is 10.9. The van der Waals surface area contributed by atoms with Crippen LogP contribution in [0, 0.1) is 0 Å². The van der Waals surface area contributed by atoms with Gasteiger partial charge in [0.05, 0.1) is 6.04 Å². The zero-order valence-corrected chi connectivity index (χ0v) is 6.38. The van der Waals surface area contributed by atoms with Crippen molar-refractivity contribution < 1.29 is 9.90 Å². The van der Waals surface area contributed by atoms with Crippen molar-refractivity contribution >= 4 is 5.91 Å². The van der Waals surface area contributed by atoms with Crippen molar-refractivity contribution in [2.24, 2.45) is 0 Å². The van der Waals surface area contributed by atoms with Crippen molar-refractivity contribution in [2.75, 3.05) is 7.05 Å². The van der Waals surface area contributed by atoms with E-state index in [-0.39, 0.29) is 17.7 Å². The van der Waals surface area contributed by atoms with Crippen LogP contribution in [-0.4, -0.2) is 29.0 Å². The molecule has 0 fully saturated rings. The van der Waals surface area contributed by atoms with Crippen molar-refractivity contribution in [2.45, 2.75) is 19.9 Å². The van der Waals surface area contributed by atoms with E-state index in [0.29, 0.717) is 0 Å². The molecule has 1 aliphatic heterocycles. The summed E-state index contributed by atoms with van der Waals surface area (Å²) >= 11 is 0. The number of aliphatic hydroxyl groups excluding tert-OH is 1. The van der Waals surface area contributed by atoms with Gasteiger partial charge in [0.1, 0.15) is 0 Å². The lowest BCUT2D eigenvalue weighted by Gasteiger charge is -2.15. The molecule has 1 atom stereocenters. The van der Waals surface area contributed by atoms with Crippen LogP contribution in [0.5, 0.6) is 0 Å². The molecule has 1 amide bonds. The van der Waals surface area contributed by atoms with E-state index < -0.39 is 0 Å². The molecule has 0 aromatic carbocycles. The van der Waals surface area contributed by atoms with Gasteiger partial charge < -0.3 is 10.0 Å². The van der Waals surface area contributed by atoms with Gasteiger partial charge in [0, 0.05) is 7.05 Å². The lowest BCUT2D eigenvalue weighted by atomic mass is 10.2. The summed E-state index contributed by atoms with van der Waals surface area (Å²) in [6.07, 6.45) is 0. The number of aliphatic hydroxyl groups is 1. The molecule has 1 N–H and O–H groups in total. The molecule has 1 unspecified atom stereocenters. The van der Waals surface area contributed by atoms with Crippen LogP contribution < -0.4 is 0 Å². The lowest BCUT2D eigenvalue weighted by Crippen LogP contribution is -2.28. The van der Waals surface area contributed by atoms with Gasteiger partial charge in [-0.1, -0.05) is 0 Å². The van der Waals surface area contributed by atoms with E-state index in [2.05, 4.69) is 0 Å². The van der Waals surface area contributed by atoms with Crippen molar-refractivity contribution in [3.8, 4) is 0 Å². The standard InChI is InChI=1S/C7H11NO2/c1-4-5(2)8(3)7(10)6(4)9/h5,9H,1-3H3. The van der Waals surface area contributed by atoms with E-state index >= 15 is 0 Å². The molecule has 1 aliphatic rings. The minimum atomic E-state index is -0.273. The highest BCUT2D eigenvalue weighted by atomic mass is 16.3. The molecule has 10 heavy (non-hydrogen) atoms. The summed E-state index contributed by atoms with van der Waals surface area (Å²) in [5.74, 6) is -0.361. The van der Waals surface area contributed by atoms with Crippen molar-refractivity contribution in [3.63, 3.8) is 0 Å². The topological polar surface area (TPSA) is 40.5 Å². The fourth-order valence-electron chi connectivity index (χ4n) is 1.000. The zero-order valence-electron chi connectivity index (χ0n) is 6.38. The second kappa shape index (κ2) is 2.01. The Morgan fingerprint density at radius 2 is 2.10 bits per heavy atom. The van der Waals surface area contributed by atoms with Crippen LogP contribution in [0.25, 0.3) is 0 Å². The number of rotatable bonds is 0. The average Bonchev–Trinajstić information content (AvgIpc) is 2.07. The summed E-state index contributed by atoms with van der Waals surface area (Å²) < 4.78 is 0. The number of carbonyl (C=O) groups is 1. The minimum Gasteiger partial charge on any atom is -0.503 e. The Bertz CT molecular complexity index is 208. The third-order valence-electron chi connectivity index (χ3n) is 2.10. The first-order valence-electron chi connectivity index (χ1n) is 3.22. The molecule has 0 aromatic heterocycles. The van der Waals surface area contributed by atoms with Crippen LogP contribution in [0.3, 0.4) is 0 Å². The van der Waals surface area contributed by atoms with Crippen molar-refractivity contribution in [1.29, 1.82) is 0 Å². The lowest BCUT2D eigenvalue weighted by molar-refractivity contribution is -0.127. The third kappa shape index (κ3) is 0.701. The van der Waals surface area contributed by atoms with E-state index in [4.69, 9.17) is 5.11 Å². The number of nitrogens with zero attached hydrogens (tertiary/aromatic N) is 1. The van der Waals surface area contributed by atoms with Gasteiger partial charge in [-0.05, 0) is 19.4 Å². The SMILES string of the molecule is CC1=C(O)C(=O)N(C)C1C. The Labute approximate surface area is 59.9 Å². The van der Waals surface area contributed by atoms with E-state index in [9.17, 15) is 4.79 Å². The highest BCUT2D eigenvalue weighted by Gasteiger charge is 2.30. The number of carbonyl (C=O) groups excluding carboxylic acids is 1. The molecule has 0 aliphatic carbocycles. The predicted molar refractivity (Wildman–Crippen MR) is 37.6 cm³/mol.